The van der Waals surface area contributed by atoms with Crippen LogP contribution in [0.3, 0.4) is 0 Å². The maximum atomic E-state index is 10.7. The van der Waals surface area contributed by atoms with Gasteiger partial charge in [0.1, 0.15) is 6.20 Å². The van der Waals surface area contributed by atoms with Gasteiger partial charge in [0.25, 0.3) is 0 Å². The maximum Gasteiger partial charge on any atom is 0.329 e. The van der Waals surface area contributed by atoms with E-state index in [0.717, 1.165) is 23.3 Å². The molecule has 0 radical (unpaired) electrons. The molecule has 0 spiro atoms. The molecule has 1 aromatic heterocycles. The molecule has 0 saturated carbocycles. The molecule has 0 aliphatic carbocycles. The summed E-state index contributed by atoms with van der Waals surface area (Å²) in [5.74, 6) is 1.52. The van der Waals surface area contributed by atoms with Crippen molar-refractivity contribution in [3.8, 4) is 11.5 Å². The molecule has 0 saturated heterocycles. The fraction of sp³-hybridized carbons (Fsp3) is 0.333. The number of nitrogen functional groups attached to an aromatic ring is 1. The zero-order valence-electron chi connectivity index (χ0n) is 13.3. The lowest BCUT2D eigenvalue weighted by atomic mass is 9.84. The summed E-state index contributed by atoms with van der Waals surface area (Å²) in [5.41, 5.74) is 6.05. The number of anilines is 2. The predicted octanol–water partition coefficient (Wildman–Crippen LogP) is 2.09. The molecule has 3 N–H and O–H groups in total. The van der Waals surface area contributed by atoms with Gasteiger partial charge in [0.05, 0.1) is 4.92 Å². The van der Waals surface area contributed by atoms with Crippen LogP contribution in [0.15, 0.2) is 24.4 Å². The quantitative estimate of drug-likeness (QED) is 0.630. The average Bonchev–Trinajstić information content (AvgIpc) is 3.00. The number of ether oxygens (including phenoxy) is 2. The highest BCUT2D eigenvalue weighted by Crippen LogP contribution is 2.36. The number of benzene rings is 1. The van der Waals surface area contributed by atoms with Crippen LogP contribution in [0, 0.1) is 10.1 Å². The molecule has 9 nitrogen and oxygen atoms in total. The van der Waals surface area contributed by atoms with Crippen LogP contribution < -0.4 is 20.5 Å². The summed E-state index contributed by atoms with van der Waals surface area (Å²) in [7, 11) is 0. The summed E-state index contributed by atoms with van der Waals surface area (Å²) < 4.78 is 10.7. The third-order valence-corrected chi connectivity index (χ3v) is 3.84. The van der Waals surface area contributed by atoms with Gasteiger partial charge in [0.15, 0.2) is 11.5 Å². The van der Waals surface area contributed by atoms with E-state index >= 15 is 0 Å². The van der Waals surface area contributed by atoms with E-state index in [0.29, 0.717) is 6.54 Å². The van der Waals surface area contributed by atoms with Gasteiger partial charge in [-0.1, -0.05) is 19.9 Å². The zero-order chi connectivity index (χ0) is 17.3. The highest BCUT2D eigenvalue weighted by atomic mass is 16.7. The number of nitro groups is 1. The van der Waals surface area contributed by atoms with Gasteiger partial charge >= 0.3 is 5.69 Å². The molecular formula is C15H17N5O4. The number of hydrogen-bond donors (Lipinski definition) is 2. The Hall–Kier alpha value is -3.10. The Morgan fingerprint density at radius 1 is 1.38 bits per heavy atom. The topological polar surface area (TPSA) is 125 Å². The first-order chi connectivity index (χ1) is 11.4. The lowest BCUT2D eigenvalue weighted by molar-refractivity contribution is -0.384. The number of fused-ring (bicyclic) bond motifs is 1. The largest absolute Gasteiger partial charge is 0.454 e. The minimum Gasteiger partial charge on any atom is -0.454 e. The van der Waals surface area contributed by atoms with E-state index in [2.05, 4.69) is 15.3 Å². The van der Waals surface area contributed by atoms with Crippen molar-refractivity contribution in [3.63, 3.8) is 0 Å². The Balaban J connectivity index is 1.73. The van der Waals surface area contributed by atoms with Gasteiger partial charge in [-0.2, -0.15) is 4.98 Å². The van der Waals surface area contributed by atoms with Gasteiger partial charge in [-0.05, 0) is 17.7 Å². The van der Waals surface area contributed by atoms with Gasteiger partial charge in [0, 0.05) is 12.0 Å². The molecule has 1 aromatic carbocycles. The number of nitrogens with zero attached hydrogens (tertiary/aromatic N) is 3. The maximum absolute atomic E-state index is 10.7. The average molecular weight is 331 g/mol. The van der Waals surface area contributed by atoms with Gasteiger partial charge < -0.3 is 20.5 Å². The van der Waals surface area contributed by atoms with Crippen LogP contribution in [0.25, 0.3) is 0 Å². The van der Waals surface area contributed by atoms with E-state index in [9.17, 15) is 10.1 Å². The number of hydrogen-bond acceptors (Lipinski definition) is 8. The smallest absolute Gasteiger partial charge is 0.329 e. The monoisotopic (exact) mass is 331 g/mol. The highest BCUT2D eigenvalue weighted by Gasteiger charge is 2.24. The van der Waals surface area contributed by atoms with Gasteiger partial charge in [0.2, 0.25) is 18.6 Å². The molecule has 2 aromatic rings. The van der Waals surface area contributed by atoms with Crippen molar-refractivity contribution in [2.75, 3.05) is 24.4 Å². The zero-order valence-corrected chi connectivity index (χ0v) is 13.3. The minimum absolute atomic E-state index is 0.168. The van der Waals surface area contributed by atoms with Crippen molar-refractivity contribution in [3.05, 3.63) is 40.1 Å². The Bertz CT molecular complexity index is 793. The van der Waals surface area contributed by atoms with Crippen molar-refractivity contribution in [2.45, 2.75) is 19.3 Å². The van der Waals surface area contributed by atoms with Crippen molar-refractivity contribution >= 4 is 17.5 Å². The summed E-state index contributed by atoms with van der Waals surface area (Å²) >= 11 is 0. The van der Waals surface area contributed by atoms with Gasteiger partial charge in [-0.3, -0.25) is 10.1 Å². The minimum atomic E-state index is -0.615. The van der Waals surface area contributed by atoms with Crippen molar-refractivity contribution in [1.82, 2.24) is 9.97 Å². The molecule has 9 heteroatoms. The van der Waals surface area contributed by atoms with Crippen molar-refractivity contribution < 1.29 is 14.4 Å². The molecule has 0 atom stereocenters. The molecule has 1 aliphatic rings. The number of nitrogens with two attached hydrogens (primary N) is 1. The molecule has 0 amide bonds. The normalized spacial score (nSPS) is 12.9. The number of aromatic nitrogens is 2. The van der Waals surface area contributed by atoms with E-state index in [4.69, 9.17) is 15.2 Å². The van der Waals surface area contributed by atoms with Crippen molar-refractivity contribution in [2.24, 2.45) is 0 Å². The number of rotatable bonds is 5. The standard InChI is InChI=1S/C15H17N5O4/c1-15(2,9-3-4-11-12(5-9)24-8-23-11)7-18-14-17-6-10(20(21)22)13(16)19-14/h3-6H,7-8H2,1-2H3,(H3,16,17,18,19). The molecule has 1 aliphatic heterocycles. The lowest BCUT2D eigenvalue weighted by Crippen LogP contribution is -2.28. The Morgan fingerprint density at radius 3 is 2.83 bits per heavy atom. The van der Waals surface area contributed by atoms with E-state index in [-0.39, 0.29) is 29.7 Å². The summed E-state index contributed by atoms with van der Waals surface area (Å²) in [5, 5.41) is 13.8. The van der Waals surface area contributed by atoms with Crippen LogP contribution in [0.1, 0.15) is 19.4 Å². The first-order valence-electron chi connectivity index (χ1n) is 7.28. The molecule has 0 unspecified atom stereocenters. The van der Waals surface area contributed by atoms with E-state index in [1.807, 2.05) is 32.0 Å². The fourth-order valence-electron chi connectivity index (χ4n) is 2.33. The first kappa shape index (κ1) is 15.8. The Labute approximate surface area is 138 Å². The van der Waals surface area contributed by atoms with E-state index in [1.165, 1.54) is 0 Å². The Morgan fingerprint density at radius 2 is 2.12 bits per heavy atom. The summed E-state index contributed by atoms with van der Waals surface area (Å²) in [6, 6.07) is 5.79. The van der Waals surface area contributed by atoms with Crippen LogP contribution in [0.2, 0.25) is 0 Å². The van der Waals surface area contributed by atoms with Crippen LogP contribution in [-0.2, 0) is 5.41 Å². The molecule has 126 valence electrons. The second-order valence-electron chi connectivity index (χ2n) is 6.03. The van der Waals surface area contributed by atoms with Gasteiger partial charge in [-0.25, -0.2) is 4.98 Å². The van der Waals surface area contributed by atoms with Crippen LogP contribution in [0.4, 0.5) is 17.5 Å². The molecule has 24 heavy (non-hydrogen) atoms. The third kappa shape index (κ3) is 3.00. The highest BCUT2D eigenvalue weighted by molar-refractivity contribution is 5.53. The third-order valence-electron chi connectivity index (χ3n) is 3.84. The summed E-state index contributed by atoms with van der Waals surface area (Å²) in [6.07, 6.45) is 1.10. The summed E-state index contributed by atoms with van der Waals surface area (Å²) in [6.45, 7) is 4.83. The molecule has 0 bridgehead atoms. The van der Waals surface area contributed by atoms with E-state index in [1.54, 1.807) is 0 Å². The second-order valence-corrected chi connectivity index (χ2v) is 6.03. The fourth-order valence-corrected chi connectivity index (χ4v) is 2.33. The second kappa shape index (κ2) is 5.84. The molecule has 2 heterocycles. The van der Waals surface area contributed by atoms with Crippen molar-refractivity contribution in [1.29, 1.82) is 0 Å². The molecule has 0 fully saturated rings. The van der Waals surface area contributed by atoms with Gasteiger partial charge in [-0.15, -0.1) is 0 Å². The van der Waals surface area contributed by atoms with E-state index < -0.39 is 4.92 Å². The molecule has 3 rings (SSSR count). The first-order valence-corrected chi connectivity index (χ1v) is 7.28. The number of nitrogens with one attached hydrogen (secondary N) is 1. The summed E-state index contributed by atoms with van der Waals surface area (Å²) in [4.78, 5) is 18.0. The Kier molecular flexibility index (Phi) is 3.84. The predicted molar refractivity (Wildman–Crippen MR) is 87.2 cm³/mol. The van der Waals surface area contributed by atoms with Crippen LogP contribution in [0.5, 0.6) is 11.5 Å². The van der Waals surface area contributed by atoms with Crippen LogP contribution in [-0.4, -0.2) is 28.2 Å². The SMILES string of the molecule is CC(C)(CNc1ncc([N+](=O)[O-])c(N)n1)c1ccc2c(c1)OCO2. The van der Waals surface area contributed by atoms with Crippen LogP contribution >= 0.6 is 0 Å². The molecular weight excluding hydrogens is 314 g/mol. The lowest BCUT2D eigenvalue weighted by Gasteiger charge is -2.25.